The van der Waals surface area contributed by atoms with Crippen LogP contribution in [0.4, 0.5) is 0 Å². The third kappa shape index (κ3) is 2.72. The van der Waals surface area contributed by atoms with Crippen molar-refractivity contribution in [3.8, 4) is 5.75 Å². The van der Waals surface area contributed by atoms with Crippen molar-refractivity contribution in [3.05, 3.63) is 29.3 Å². The van der Waals surface area contributed by atoms with E-state index in [0.29, 0.717) is 10.8 Å². The van der Waals surface area contributed by atoms with Crippen LogP contribution < -0.4 is 4.74 Å². The zero-order valence-electron chi connectivity index (χ0n) is 6.09. The summed E-state index contributed by atoms with van der Waals surface area (Å²) in [5, 5.41) is 0.598. The molecule has 0 atom stereocenters. The van der Waals surface area contributed by atoms with E-state index in [2.05, 4.69) is 0 Å². The van der Waals surface area contributed by atoms with E-state index >= 15 is 0 Å². The summed E-state index contributed by atoms with van der Waals surface area (Å²) >= 11 is 10.8. The lowest BCUT2D eigenvalue weighted by Crippen LogP contribution is -2.08. The average molecular weight is 205 g/mol. The van der Waals surface area contributed by atoms with Crippen LogP contribution in [-0.2, 0) is 4.79 Å². The van der Waals surface area contributed by atoms with Crippen molar-refractivity contribution in [3.63, 3.8) is 0 Å². The summed E-state index contributed by atoms with van der Waals surface area (Å²) in [5.74, 6) is -0.174. The van der Waals surface area contributed by atoms with Gasteiger partial charge in [0.2, 0.25) is 0 Å². The minimum Gasteiger partial charge on any atom is -0.426 e. The molecule has 0 aliphatic carbocycles. The normalized spacial score (nSPS) is 9.50. The highest BCUT2D eigenvalue weighted by Crippen LogP contribution is 2.15. The standard InChI is InChI=1S/C8H6Cl2O2/c9-5-8(11)12-7-3-1-6(10)2-4-7/h1-4H,5H2. The fraction of sp³-hybridized carbons (Fsp3) is 0.125. The number of hydrogen-bond donors (Lipinski definition) is 0. The molecule has 64 valence electrons. The maximum absolute atomic E-state index is 10.7. The minimum absolute atomic E-state index is 0.150. The van der Waals surface area contributed by atoms with Gasteiger partial charge in [-0.3, -0.25) is 4.79 Å². The summed E-state index contributed by atoms with van der Waals surface area (Å²) in [7, 11) is 0. The largest absolute Gasteiger partial charge is 0.426 e. The second-order valence-electron chi connectivity index (χ2n) is 2.06. The Morgan fingerprint density at radius 2 is 1.92 bits per heavy atom. The van der Waals surface area contributed by atoms with Gasteiger partial charge in [0.1, 0.15) is 11.6 Å². The molecule has 0 saturated carbocycles. The maximum atomic E-state index is 10.7. The molecule has 0 aromatic heterocycles. The van der Waals surface area contributed by atoms with Crippen molar-refractivity contribution in [1.29, 1.82) is 0 Å². The molecule has 0 unspecified atom stereocenters. The van der Waals surface area contributed by atoms with E-state index < -0.39 is 5.97 Å². The summed E-state index contributed by atoms with van der Waals surface area (Å²) in [6.07, 6.45) is 0. The van der Waals surface area contributed by atoms with Crippen molar-refractivity contribution >= 4 is 29.2 Å². The van der Waals surface area contributed by atoms with Gasteiger partial charge in [-0.2, -0.15) is 0 Å². The van der Waals surface area contributed by atoms with Gasteiger partial charge in [0.25, 0.3) is 0 Å². The Balaban J connectivity index is 2.64. The zero-order valence-corrected chi connectivity index (χ0v) is 7.60. The molecule has 2 nitrogen and oxygen atoms in total. The Morgan fingerprint density at radius 3 is 2.42 bits per heavy atom. The Bertz CT molecular complexity index is 269. The van der Waals surface area contributed by atoms with Crippen LogP contribution in [-0.4, -0.2) is 11.8 Å². The summed E-state index contributed by atoms with van der Waals surface area (Å²) < 4.78 is 4.79. The lowest BCUT2D eigenvalue weighted by molar-refractivity contribution is -0.131. The van der Waals surface area contributed by atoms with E-state index in [9.17, 15) is 4.79 Å². The fourth-order valence-corrected chi connectivity index (χ4v) is 0.842. The molecule has 4 heteroatoms. The number of ether oxygens (including phenoxy) is 1. The maximum Gasteiger partial charge on any atom is 0.326 e. The van der Waals surface area contributed by atoms with Gasteiger partial charge in [0.05, 0.1) is 0 Å². The van der Waals surface area contributed by atoms with E-state index in [4.69, 9.17) is 27.9 Å². The number of benzene rings is 1. The molecule has 0 amide bonds. The van der Waals surface area contributed by atoms with Crippen molar-refractivity contribution < 1.29 is 9.53 Å². The van der Waals surface area contributed by atoms with Crippen molar-refractivity contribution in [2.24, 2.45) is 0 Å². The van der Waals surface area contributed by atoms with Crippen molar-refractivity contribution in [2.45, 2.75) is 0 Å². The molecular formula is C8H6Cl2O2. The summed E-state index contributed by atoms with van der Waals surface area (Å²) in [5.41, 5.74) is 0. The molecule has 0 aliphatic heterocycles. The highest BCUT2D eigenvalue weighted by molar-refractivity contribution is 6.30. The van der Waals surface area contributed by atoms with Gasteiger partial charge in [-0.05, 0) is 24.3 Å². The molecule has 1 aromatic carbocycles. The molecule has 0 spiro atoms. The molecule has 0 radical (unpaired) electrons. The number of esters is 1. The van der Waals surface area contributed by atoms with Crippen LogP contribution in [0.25, 0.3) is 0 Å². The van der Waals surface area contributed by atoms with Crippen LogP contribution in [0.2, 0.25) is 5.02 Å². The van der Waals surface area contributed by atoms with Crippen LogP contribution >= 0.6 is 23.2 Å². The first-order valence-electron chi connectivity index (χ1n) is 3.24. The molecule has 1 aromatic rings. The van der Waals surface area contributed by atoms with Gasteiger partial charge in [0, 0.05) is 5.02 Å². The zero-order chi connectivity index (χ0) is 8.97. The highest BCUT2D eigenvalue weighted by Gasteiger charge is 2.01. The van der Waals surface area contributed by atoms with Gasteiger partial charge in [-0.15, -0.1) is 11.6 Å². The van der Waals surface area contributed by atoms with E-state index in [1.165, 1.54) is 0 Å². The number of carbonyl (C=O) groups is 1. The molecule has 0 bridgehead atoms. The first-order chi connectivity index (χ1) is 5.72. The predicted octanol–water partition coefficient (Wildman–Crippen LogP) is 2.48. The quantitative estimate of drug-likeness (QED) is 0.421. The van der Waals surface area contributed by atoms with Gasteiger partial charge in [-0.25, -0.2) is 0 Å². The number of hydrogen-bond acceptors (Lipinski definition) is 2. The van der Waals surface area contributed by atoms with Gasteiger partial charge in [-0.1, -0.05) is 11.6 Å². The van der Waals surface area contributed by atoms with E-state index in [1.807, 2.05) is 0 Å². The molecular weight excluding hydrogens is 199 g/mol. The van der Waals surface area contributed by atoms with E-state index in [1.54, 1.807) is 24.3 Å². The highest BCUT2D eigenvalue weighted by atomic mass is 35.5. The predicted molar refractivity (Wildman–Crippen MR) is 47.8 cm³/mol. The first-order valence-corrected chi connectivity index (χ1v) is 4.16. The topological polar surface area (TPSA) is 26.3 Å². The first kappa shape index (κ1) is 9.36. The lowest BCUT2D eigenvalue weighted by Gasteiger charge is -2.00. The molecule has 12 heavy (non-hydrogen) atoms. The smallest absolute Gasteiger partial charge is 0.326 e. The number of alkyl halides is 1. The second kappa shape index (κ2) is 4.33. The third-order valence-electron chi connectivity index (χ3n) is 1.15. The van der Waals surface area contributed by atoms with Crippen LogP contribution in [0.1, 0.15) is 0 Å². The number of carbonyl (C=O) groups excluding carboxylic acids is 1. The van der Waals surface area contributed by atoms with Gasteiger partial charge in [0.15, 0.2) is 0 Å². The minimum atomic E-state index is -0.473. The summed E-state index contributed by atoms with van der Waals surface area (Å²) in [4.78, 5) is 10.7. The molecule has 0 fully saturated rings. The van der Waals surface area contributed by atoms with Crippen LogP contribution in [0.3, 0.4) is 0 Å². The molecule has 0 aliphatic rings. The number of rotatable bonds is 2. The SMILES string of the molecule is O=C(CCl)Oc1ccc(Cl)cc1. The van der Waals surface area contributed by atoms with Crippen LogP contribution in [0, 0.1) is 0 Å². The van der Waals surface area contributed by atoms with Crippen LogP contribution in [0.5, 0.6) is 5.75 Å². The Morgan fingerprint density at radius 1 is 1.33 bits per heavy atom. The average Bonchev–Trinajstić information content (AvgIpc) is 2.09. The third-order valence-corrected chi connectivity index (χ3v) is 1.62. The molecule has 0 N–H and O–H groups in total. The molecule has 0 saturated heterocycles. The van der Waals surface area contributed by atoms with Crippen LogP contribution in [0.15, 0.2) is 24.3 Å². The van der Waals surface area contributed by atoms with Gasteiger partial charge < -0.3 is 4.74 Å². The van der Waals surface area contributed by atoms with E-state index in [0.717, 1.165) is 0 Å². The monoisotopic (exact) mass is 204 g/mol. The summed E-state index contributed by atoms with van der Waals surface area (Å²) in [6.45, 7) is 0. The van der Waals surface area contributed by atoms with Gasteiger partial charge >= 0.3 is 5.97 Å². The second-order valence-corrected chi connectivity index (χ2v) is 2.77. The molecule has 0 heterocycles. The Kier molecular flexibility index (Phi) is 3.38. The summed E-state index contributed by atoms with van der Waals surface area (Å²) in [6, 6.07) is 6.48. The molecule has 1 rings (SSSR count). The Hall–Kier alpha value is -0.730. The van der Waals surface area contributed by atoms with Crippen molar-refractivity contribution in [1.82, 2.24) is 0 Å². The lowest BCUT2D eigenvalue weighted by atomic mass is 10.3. The Labute approximate surface area is 80.0 Å². The fourth-order valence-electron chi connectivity index (χ4n) is 0.661. The van der Waals surface area contributed by atoms with E-state index in [-0.39, 0.29) is 5.88 Å². The van der Waals surface area contributed by atoms with Crippen molar-refractivity contribution in [2.75, 3.05) is 5.88 Å². The number of halogens is 2.